The van der Waals surface area contributed by atoms with Crippen LogP contribution in [-0.4, -0.2) is 42.1 Å². The molecule has 1 saturated carbocycles. The predicted octanol–water partition coefficient (Wildman–Crippen LogP) is 5.08. The summed E-state index contributed by atoms with van der Waals surface area (Å²) in [6, 6.07) is 13.8. The van der Waals surface area contributed by atoms with Gasteiger partial charge in [-0.25, -0.2) is 4.98 Å². The molecular weight excluding hydrogens is 445 g/mol. The van der Waals surface area contributed by atoms with E-state index >= 15 is 0 Å². The maximum atomic E-state index is 12.4. The van der Waals surface area contributed by atoms with Crippen LogP contribution in [0.15, 0.2) is 42.5 Å². The predicted molar refractivity (Wildman–Crippen MR) is 132 cm³/mol. The Morgan fingerprint density at radius 1 is 1.00 bits per heavy atom. The lowest BCUT2D eigenvalue weighted by Gasteiger charge is -2.30. The van der Waals surface area contributed by atoms with Crippen LogP contribution in [0.5, 0.6) is 0 Å². The molecule has 0 bridgehead atoms. The van der Waals surface area contributed by atoms with Gasteiger partial charge in [-0.3, -0.25) is 4.79 Å². The third-order valence-corrected chi connectivity index (χ3v) is 6.52. The van der Waals surface area contributed by atoms with Gasteiger partial charge >= 0.3 is 0 Å². The number of amides is 1. The lowest BCUT2D eigenvalue weighted by Crippen LogP contribution is -2.40. The van der Waals surface area contributed by atoms with Gasteiger partial charge in [-0.1, -0.05) is 41.4 Å². The van der Waals surface area contributed by atoms with E-state index in [1.165, 1.54) is 0 Å². The minimum atomic E-state index is 0.00767. The normalized spacial score (nSPS) is 18.4. The van der Waals surface area contributed by atoms with E-state index in [1.54, 1.807) is 12.1 Å². The Bertz CT molecular complexity index is 1110. The molecule has 0 radical (unpaired) electrons. The lowest BCUT2D eigenvalue weighted by atomic mass is 9.91. The molecule has 2 N–H and O–H groups in total. The lowest BCUT2D eigenvalue weighted by molar-refractivity contribution is -0.121. The van der Waals surface area contributed by atoms with Crippen LogP contribution >= 0.6 is 23.2 Å². The van der Waals surface area contributed by atoms with E-state index in [0.29, 0.717) is 22.4 Å². The van der Waals surface area contributed by atoms with E-state index in [1.807, 2.05) is 49.3 Å². The Labute approximate surface area is 198 Å². The van der Waals surface area contributed by atoms with Crippen molar-refractivity contribution in [1.29, 1.82) is 0 Å². The van der Waals surface area contributed by atoms with Crippen molar-refractivity contribution in [2.75, 3.05) is 24.3 Å². The van der Waals surface area contributed by atoms with E-state index in [4.69, 9.17) is 33.2 Å². The highest BCUT2D eigenvalue weighted by Gasteiger charge is 2.23. The number of rotatable bonds is 6. The minimum absolute atomic E-state index is 0.00767. The maximum absolute atomic E-state index is 12.4. The van der Waals surface area contributed by atoms with Crippen LogP contribution in [0.4, 0.5) is 11.8 Å². The molecule has 3 aromatic rings. The average molecular weight is 472 g/mol. The number of hydrogen-bond acceptors (Lipinski definition) is 5. The molecule has 8 heteroatoms. The molecule has 0 unspecified atom stereocenters. The summed E-state index contributed by atoms with van der Waals surface area (Å²) in [5.74, 6) is 1.56. The number of carbonyl (C=O) groups is 1. The van der Waals surface area contributed by atoms with Crippen LogP contribution in [-0.2, 0) is 11.2 Å². The molecule has 4 rings (SSSR count). The standard InChI is InChI=1S/C24H27Cl2N5O/c1-31(2)23-18-5-3-4-6-21(18)29-24(30-23)28-17-10-8-16(9-11-17)27-22(32)14-15-7-12-19(25)20(26)13-15/h3-7,12-13,16-17H,8-11,14H2,1-2H3,(H,27,32)(H,28,29,30)/t16-,17+. The van der Waals surface area contributed by atoms with E-state index in [2.05, 4.69) is 10.6 Å². The smallest absolute Gasteiger partial charge is 0.225 e. The Morgan fingerprint density at radius 2 is 1.72 bits per heavy atom. The van der Waals surface area contributed by atoms with Gasteiger partial charge in [0.1, 0.15) is 5.82 Å². The molecule has 168 valence electrons. The van der Waals surface area contributed by atoms with Crippen molar-refractivity contribution in [3.8, 4) is 0 Å². The fraction of sp³-hybridized carbons (Fsp3) is 0.375. The fourth-order valence-corrected chi connectivity index (χ4v) is 4.46. The van der Waals surface area contributed by atoms with E-state index in [-0.39, 0.29) is 18.0 Å². The zero-order valence-electron chi connectivity index (χ0n) is 18.2. The highest BCUT2D eigenvalue weighted by Crippen LogP contribution is 2.27. The summed E-state index contributed by atoms with van der Waals surface area (Å²) >= 11 is 12.0. The van der Waals surface area contributed by atoms with E-state index in [0.717, 1.165) is 48.0 Å². The molecule has 2 aromatic carbocycles. The highest BCUT2D eigenvalue weighted by atomic mass is 35.5. The second kappa shape index (κ2) is 9.92. The summed E-state index contributed by atoms with van der Waals surface area (Å²) in [5, 5.41) is 8.66. The van der Waals surface area contributed by atoms with Gasteiger partial charge in [0, 0.05) is 31.6 Å². The van der Waals surface area contributed by atoms with Crippen LogP contribution < -0.4 is 15.5 Å². The van der Waals surface area contributed by atoms with Crippen molar-refractivity contribution >= 4 is 51.8 Å². The zero-order chi connectivity index (χ0) is 22.7. The van der Waals surface area contributed by atoms with Gasteiger partial charge < -0.3 is 15.5 Å². The largest absolute Gasteiger partial charge is 0.362 e. The van der Waals surface area contributed by atoms with Crippen LogP contribution in [0.2, 0.25) is 10.0 Å². The summed E-state index contributed by atoms with van der Waals surface area (Å²) in [6.07, 6.45) is 4.03. The third kappa shape index (κ3) is 5.43. The number of fused-ring (bicyclic) bond motifs is 1. The Kier molecular flexibility index (Phi) is 7.01. The number of halogens is 2. The molecule has 6 nitrogen and oxygen atoms in total. The van der Waals surface area contributed by atoms with Crippen molar-refractivity contribution in [3.63, 3.8) is 0 Å². The molecule has 1 heterocycles. The number of nitrogens with one attached hydrogen (secondary N) is 2. The van der Waals surface area contributed by atoms with Crippen molar-refractivity contribution in [2.45, 2.75) is 44.2 Å². The molecule has 1 aromatic heterocycles. The second-order valence-electron chi connectivity index (χ2n) is 8.47. The van der Waals surface area contributed by atoms with E-state index < -0.39 is 0 Å². The summed E-state index contributed by atoms with van der Waals surface area (Å²) in [6.45, 7) is 0. The number of benzene rings is 2. The number of carbonyl (C=O) groups excluding carboxylic acids is 1. The molecule has 0 saturated heterocycles. The number of aromatic nitrogens is 2. The number of para-hydroxylation sites is 1. The molecule has 32 heavy (non-hydrogen) atoms. The summed E-state index contributed by atoms with van der Waals surface area (Å²) in [7, 11) is 3.98. The van der Waals surface area contributed by atoms with Crippen LogP contribution in [0.3, 0.4) is 0 Å². The Morgan fingerprint density at radius 3 is 2.44 bits per heavy atom. The topological polar surface area (TPSA) is 70.2 Å². The first-order chi connectivity index (χ1) is 15.4. The fourth-order valence-electron chi connectivity index (χ4n) is 4.14. The van der Waals surface area contributed by atoms with Crippen molar-refractivity contribution in [1.82, 2.24) is 15.3 Å². The number of hydrogen-bond donors (Lipinski definition) is 2. The number of nitrogens with zero attached hydrogens (tertiary/aromatic N) is 3. The SMILES string of the molecule is CN(C)c1nc(N[C@H]2CC[C@@H](NC(=O)Cc3ccc(Cl)c(Cl)c3)CC2)nc2ccccc12. The molecule has 1 fully saturated rings. The first-order valence-electron chi connectivity index (χ1n) is 10.8. The minimum Gasteiger partial charge on any atom is -0.362 e. The van der Waals surface area contributed by atoms with Gasteiger partial charge in [0.05, 0.1) is 22.0 Å². The maximum Gasteiger partial charge on any atom is 0.225 e. The Hall–Kier alpha value is -2.57. The van der Waals surface area contributed by atoms with Crippen molar-refractivity contribution in [3.05, 3.63) is 58.1 Å². The summed E-state index contributed by atoms with van der Waals surface area (Å²) in [4.78, 5) is 23.9. The average Bonchev–Trinajstić information content (AvgIpc) is 2.77. The molecule has 0 aliphatic heterocycles. The molecule has 1 amide bonds. The molecule has 0 spiro atoms. The number of anilines is 2. The van der Waals surface area contributed by atoms with Crippen molar-refractivity contribution < 1.29 is 4.79 Å². The summed E-state index contributed by atoms with van der Waals surface area (Å²) in [5.41, 5.74) is 1.79. The highest BCUT2D eigenvalue weighted by molar-refractivity contribution is 6.42. The summed E-state index contributed by atoms with van der Waals surface area (Å²) < 4.78 is 0. The monoisotopic (exact) mass is 471 g/mol. The van der Waals surface area contributed by atoms with Gasteiger partial charge in [-0.15, -0.1) is 0 Å². The van der Waals surface area contributed by atoms with Crippen LogP contribution in [0, 0.1) is 0 Å². The molecular formula is C24H27Cl2N5O. The molecule has 1 aliphatic carbocycles. The van der Waals surface area contributed by atoms with Crippen LogP contribution in [0.1, 0.15) is 31.2 Å². The molecule has 0 atom stereocenters. The third-order valence-electron chi connectivity index (χ3n) is 5.78. The van der Waals surface area contributed by atoms with Gasteiger partial charge in [0.2, 0.25) is 11.9 Å². The Balaban J connectivity index is 1.32. The first-order valence-corrected chi connectivity index (χ1v) is 11.6. The zero-order valence-corrected chi connectivity index (χ0v) is 19.7. The van der Waals surface area contributed by atoms with Gasteiger partial charge in [0.25, 0.3) is 0 Å². The van der Waals surface area contributed by atoms with Crippen molar-refractivity contribution in [2.24, 2.45) is 0 Å². The van der Waals surface area contributed by atoms with Crippen LogP contribution in [0.25, 0.3) is 10.9 Å². The first kappa shape index (κ1) is 22.6. The van der Waals surface area contributed by atoms with E-state index in [9.17, 15) is 4.79 Å². The van der Waals surface area contributed by atoms with Gasteiger partial charge in [-0.2, -0.15) is 4.98 Å². The van der Waals surface area contributed by atoms with Gasteiger partial charge in [0.15, 0.2) is 0 Å². The molecule has 1 aliphatic rings. The van der Waals surface area contributed by atoms with Gasteiger partial charge in [-0.05, 0) is 55.5 Å². The second-order valence-corrected chi connectivity index (χ2v) is 9.28. The quantitative estimate of drug-likeness (QED) is 0.524.